The minimum absolute atomic E-state index is 0.0572. The van der Waals surface area contributed by atoms with Crippen LogP contribution in [0.15, 0.2) is 18.2 Å². The van der Waals surface area contributed by atoms with E-state index in [0.29, 0.717) is 17.0 Å². The normalized spacial score (nSPS) is 10.5. The van der Waals surface area contributed by atoms with Crippen LogP contribution in [-0.2, 0) is 17.6 Å². The zero-order valence-corrected chi connectivity index (χ0v) is 14.4. The molecule has 0 bridgehead atoms. The highest BCUT2D eigenvalue weighted by Crippen LogP contribution is 2.33. The van der Waals surface area contributed by atoms with Gasteiger partial charge in [-0.3, -0.25) is 4.79 Å². The second kappa shape index (κ2) is 7.44. The molecule has 1 heterocycles. The fourth-order valence-corrected chi connectivity index (χ4v) is 3.65. The molecule has 0 fully saturated rings. The molecule has 0 aliphatic rings. The SMILES string of the molecule is CCc1c(C)sc(NC(=O)Cc2ccc(OC)c(F)c2)c1C(=O)O. The fourth-order valence-electron chi connectivity index (χ4n) is 2.49. The van der Waals surface area contributed by atoms with Gasteiger partial charge in [0.1, 0.15) is 5.00 Å². The maximum absolute atomic E-state index is 13.7. The molecule has 2 aromatic rings. The molecule has 0 saturated carbocycles. The Labute approximate surface area is 143 Å². The van der Waals surface area contributed by atoms with Gasteiger partial charge in [0.05, 0.1) is 19.1 Å². The predicted molar refractivity (Wildman–Crippen MR) is 90.7 cm³/mol. The van der Waals surface area contributed by atoms with Crippen LogP contribution in [0, 0.1) is 12.7 Å². The summed E-state index contributed by atoms with van der Waals surface area (Å²) in [5, 5.41) is 12.3. The number of carbonyl (C=O) groups is 2. The second-order valence-corrected chi connectivity index (χ2v) is 6.42. The molecule has 2 rings (SSSR count). The summed E-state index contributed by atoms with van der Waals surface area (Å²) in [6, 6.07) is 4.27. The molecule has 1 aromatic carbocycles. The third kappa shape index (κ3) is 3.73. The largest absolute Gasteiger partial charge is 0.494 e. The highest BCUT2D eigenvalue weighted by Gasteiger charge is 2.22. The minimum Gasteiger partial charge on any atom is -0.494 e. The van der Waals surface area contributed by atoms with Gasteiger partial charge < -0.3 is 15.2 Å². The Morgan fingerprint density at radius 1 is 1.38 bits per heavy atom. The molecule has 0 atom stereocenters. The van der Waals surface area contributed by atoms with Gasteiger partial charge in [-0.05, 0) is 36.6 Å². The van der Waals surface area contributed by atoms with E-state index in [4.69, 9.17) is 4.74 Å². The molecule has 128 valence electrons. The van der Waals surface area contributed by atoms with Crippen molar-refractivity contribution in [2.24, 2.45) is 0 Å². The summed E-state index contributed by atoms with van der Waals surface area (Å²) >= 11 is 1.24. The van der Waals surface area contributed by atoms with Gasteiger partial charge in [0.15, 0.2) is 11.6 Å². The van der Waals surface area contributed by atoms with Crippen molar-refractivity contribution < 1.29 is 23.8 Å². The van der Waals surface area contributed by atoms with Crippen LogP contribution in [0.2, 0.25) is 0 Å². The lowest BCUT2D eigenvalue weighted by Crippen LogP contribution is -2.16. The Morgan fingerprint density at radius 3 is 2.62 bits per heavy atom. The van der Waals surface area contributed by atoms with Crippen molar-refractivity contribution in [2.45, 2.75) is 26.7 Å². The third-order valence-electron chi connectivity index (χ3n) is 3.61. The second-order valence-electron chi connectivity index (χ2n) is 5.19. The van der Waals surface area contributed by atoms with Crippen molar-refractivity contribution in [3.05, 3.63) is 45.6 Å². The van der Waals surface area contributed by atoms with Crippen LogP contribution in [0.4, 0.5) is 9.39 Å². The summed E-state index contributed by atoms with van der Waals surface area (Å²) in [7, 11) is 1.36. The van der Waals surface area contributed by atoms with Crippen LogP contribution in [0.1, 0.15) is 33.3 Å². The Balaban J connectivity index is 2.18. The van der Waals surface area contributed by atoms with E-state index in [1.165, 1.54) is 30.6 Å². The van der Waals surface area contributed by atoms with Gasteiger partial charge in [0.25, 0.3) is 0 Å². The van der Waals surface area contributed by atoms with Gasteiger partial charge in [-0.2, -0.15) is 0 Å². The quantitative estimate of drug-likeness (QED) is 0.833. The number of anilines is 1. The van der Waals surface area contributed by atoms with E-state index in [1.54, 1.807) is 6.07 Å². The van der Waals surface area contributed by atoms with Crippen LogP contribution in [0.5, 0.6) is 5.75 Å². The summed E-state index contributed by atoms with van der Waals surface area (Å²) in [5.41, 5.74) is 1.33. The number of halogens is 1. The number of benzene rings is 1. The molecular weight excluding hydrogens is 333 g/mol. The molecule has 0 radical (unpaired) electrons. The molecule has 0 saturated heterocycles. The Morgan fingerprint density at radius 2 is 2.08 bits per heavy atom. The van der Waals surface area contributed by atoms with Crippen LogP contribution in [0.3, 0.4) is 0 Å². The maximum atomic E-state index is 13.7. The summed E-state index contributed by atoms with van der Waals surface area (Å²) in [5.74, 6) is -1.91. The van der Waals surface area contributed by atoms with E-state index in [9.17, 15) is 19.1 Å². The average molecular weight is 351 g/mol. The number of ether oxygens (including phenoxy) is 1. The van der Waals surface area contributed by atoms with Crippen LogP contribution < -0.4 is 10.1 Å². The minimum atomic E-state index is -1.07. The molecule has 1 amide bonds. The maximum Gasteiger partial charge on any atom is 0.339 e. The van der Waals surface area contributed by atoms with E-state index in [2.05, 4.69) is 5.32 Å². The molecule has 0 aliphatic heterocycles. The van der Waals surface area contributed by atoms with Crippen LogP contribution in [-0.4, -0.2) is 24.1 Å². The number of rotatable bonds is 6. The zero-order chi connectivity index (χ0) is 17.9. The number of nitrogens with one attached hydrogen (secondary N) is 1. The third-order valence-corrected chi connectivity index (χ3v) is 4.67. The number of carboxylic acids is 1. The molecule has 0 aliphatic carbocycles. The molecule has 1 aromatic heterocycles. The number of hydrogen-bond donors (Lipinski definition) is 2. The zero-order valence-electron chi connectivity index (χ0n) is 13.6. The van der Waals surface area contributed by atoms with E-state index < -0.39 is 17.7 Å². The van der Waals surface area contributed by atoms with Gasteiger partial charge in [0, 0.05) is 4.88 Å². The first kappa shape index (κ1) is 17.9. The Kier molecular flexibility index (Phi) is 5.56. The lowest BCUT2D eigenvalue weighted by molar-refractivity contribution is -0.115. The molecule has 0 unspecified atom stereocenters. The van der Waals surface area contributed by atoms with Gasteiger partial charge in [-0.1, -0.05) is 13.0 Å². The van der Waals surface area contributed by atoms with Crippen LogP contribution >= 0.6 is 11.3 Å². The molecule has 24 heavy (non-hydrogen) atoms. The van der Waals surface area contributed by atoms with Crippen molar-refractivity contribution >= 4 is 28.2 Å². The standard InChI is InChI=1S/C17H18FNO4S/c1-4-11-9(2)24-16(15(11)17(21)22)19-14(20)8-10-5-6-13(23-3)12(18)7-10/h5-7H,4,8H2,1-3H3,(H,19,20)(H,21,22). The van der Waals surface area contributed by atoms with Crippen molar-refractivity contribution in [1.82, 2.24) is 0 Å². The van der Waals surface area contributed by atoms with Gasteiger partial charge in [-0.25, -0.2) is 9.18 Å². The number of aryl methyl sites for hydroxylation is 1. The molecule has 2 N–H and O–H groups in total. The first-order valence-electron chi connectivity index (χ1n) is 7.35. The highest BCUT2D eigenvalue weighted by molar-refractivity contribution is 7.16. The summed E-state index contributed by atoms with van der Waals surface area (Å²) in [6.45, 7) is 3.69. The molecule has 5 nitrogen and oxygen atoms in total. The van der Waals surface area contributed by atoms with E-state index >= 15 is 0 Å². The number of carbonyl (C=O) groups excluding carboxylic acids is 1. The van der Waals surface area contributed by atoms with E-state index in [-0.39, 0.29) is 17.7 Å². The van der Waals surface area contributed by atoms with Crippen molar-refractivity contribution in [3.63, 3.8) is 0 Å². The van der Waals surface area contributed by atoms with Gasteiger partial charge in [0.2, 0.25) is 5.91 Å². The van der Waals surface area contributed by atoms with Gasteiger partial charge in [-0.15, -0.1) is 11.3 Å². The first-order valence-corrected chi connectivity index (χ1v) is 8.16. The monoisotopic (exact) mass is 351 g/mol. The Hall–Kier alpha value is -2.41. The lowest BCUT2D eigenvalue weighted by atomic mass is 10.1. The Bertz CT molecular complexity index is 785. The summed E-state index contributed by atoms with van der Waals surface area (Å²) in [6.07, 6.45) is 0.516. The predicted octanol–water partition coefficient (Wildman–Crippen LogP) is 3.65. The number of thiophene rings is 1. The van der Waals surface area contributed by atoms with Crippen molar-refractivity contribution in [2.75, 3.05) is 12.4 Å². The summed E-state index contributed by atoms with van der Waals surface area (Å²) in [4.78, 5) is 24.5. The lowest BCUT2D eigenvalue weighted by Gasteiger charge is -2.07. The number of hydrogen-bond acceptors (Lipinski definition) is 4. The van der Waals surface area contributed by atoms with Crippen molar-refractivity contribution in [3.8, 4) is 5.75 Å². The topological polar surface area (TPSA) is 75.6 Å². The highest BCUT2D eigenvalue weighted by atomic mass is 32.1. The fraction of sp³-hybridized carbons (Fsp3) is 0.294. The average Bonchev–Trinajstić information content (AvgIpc) is 2.82. The van der Waals surface area contributed by atoms with E-state index in [0.717, 1.165) is 10.4 Å². The van der Waals surface area contributed by atoms with Crippen LogP contribution in [0.25, 0.3) is 0 Å². The van der Waals surface area contributed by atoms with E-state index in [1.807, 2.05) is 13.8 Å². The number of carboxylic acid groups (broad SMARTS) is 1. The number of aromatic carboxylic acids is 1. The van der Waals surface area contributed by atoms with Crippen molar-refractivity contribution in [1.29, 1.82) is 0 Å². The smallest absolute Gasteiger partial charge is 0.339 e. The molecule has 0 spiro atoms. The number of methoxy groups -OCH3 is 1. The van der Waals surface area contributed by atoms with Gasteiger partial charge >= 0.3 is 5.97 Å². The summed E-state index contributed by atoms with van der Waals surface area (Å²) < 4.78 is 18.5. The number of amides is 1. The first-order chi connectivity index (χ1) is 11.4. The molecular formula is C17H18FNO4S. The molecule has 7 heteroatoms.